The topological polar surface area (TPSA) is 68.5 Å². The van der Waals surface area contributed by atoms with Gasteiger partial charge in [0.1, 0.15) is 0 Å². The normalized spacial score (nSPS) is 21.9. The van der Waals surface area contributed by atoms with Crippen molar-refractivity contribution in [2.24, 2.45) is 5.92 Å². The number of nitrogens with zero attached hydrogens (tertiary/aromatic N) is 2. The largest absolute Gasteiger partial charge is 0.465 e. The molecule has 1 aliphatic carbocycles. The zero-order valence-corrected chi connectivity index (χ0v) is 13.1. The number of hydrogen-bond acceptors (Lipinski definition) is 5. The molecule has 116 valence electrons. The van der Waals surface area contributed by atoms with Crippen LogP contribution in [-0.4, -0.2) is 31.2 Å². The van der Waals surface area contributed by atoms with Crippen LogP contribution >= 0.6 is 0 Å². The minimum atomic E-state index is -0.417. The lowest BCUT2D eigenvalue weighted by molar-refractivity contribution is 0.0602. The van der Waals surface area contributed by atoms with Crippen LogP contribution in [0.15, 0.2) is 12.3 Å². The molecule has 1 aromatic heterocycles. The Hall–Kier alpha value is -1.78. The maximum atomic E-state index is 11.7. The average molecular weight is 291 g/mol. The molecule has 0 radical (unpaired) electrons. The Morgan fingerprint density at radius 1 is 1.43 bits per heavy atom. The number of nitrogen functional groups attached to an aromatic ring is 1. The molecule has 0 aromatic carbocycles. The molecule has 0 aliphatic heterocycles. The van der Waals surface area contributed by atoms with Gasteiger partial charge in [-0.3, -0.25) is 0 Å². The van der Waals surface area contributed by atoms with Crippen LogP contribution in [0, 0.1) is 5.92 Å². The van der Waals surface area contributed by atoms with E-state index >= 15 is 0 Å². The number of anilines is 2. The van der Waals surface area contributed by atoms with Crippen LogP contribution in [0.1, 0.15) is 49.4 Å². The molecule has 0 amide bonds. The van der Waals surface area contributed by atoms with Crippen LogP contribution in [0.5, 0.6) is 0 Å². The lowest BCUT2D eigenvalue weighted by atomic mass is 9.84. The van der Waals surface area contributed by atoms with E-state index in [1.807, 2.05) is 7.05 Å². The number of hydrogen-bond donors (Lipinski definition) is 1. The quantitative estimate of drug-likeness (QED) is 0.864. The van der Waals surface area contributed by atoms with Gasteiger partial charge in [0.25, 0.3) is 0 Å². The van der Waals surface area contributed by atoms with Gasteiger partial charge in [0.15, 0.2) is 5.82 Å². The lowest BCUT2D eigenvalue weighted by Crippen LogP contribution is -2.36. The highest BCUT2D eigenvalue weighted by atomic mass is 16.5. The number of esters is 1. The fourth-order valence-corrected chi connectivity index (χ4v) is 3.14. The molecule has 1 aliphatic rings. The van der Waals surface area contributed by atoms with Crippen LogP contribution in [0.25, 0.3) is 0 Å². The molecule has 0 unspecified atom stereocenters. The molecule has 21 heavy (non-hydrogen) atoms. The van der Waals surface area contributed by atoms with E-state index in [1.165, 1.54) is 26.4 Å². The first-order chi connectivity index (χ1) is 10.1. The number of rotatable bonds is 4. The molecule has 1 fully saturated rings. The summed E-state index contributed by atoms with van der Waals surface area (Å²) in [5, 5.41) is 0. The van der Waals surface area contributed by atoms with E-state index in [4.69, 9.17) is 10.5 Å². The van der Waals surface area contributed by atoms with E-state index in [9.17, 15) is 4.79 Å². The van der Waals surface area contributed by atoms with Gasteiger partial charge in [-0.2, -0.15) is 0 Å². The fourth-order valence-electron chi connectivity index (χ4n) is 3.14. The number of aromatic nitrogens is 1. The van der Waals surface area contributed by atoms with Crippen LogP contribution in [-0.2, 0) is 4.74 Å². The Morgan fingerprint density at radius 2 is 2.10 bits per heavy atom. The van der Waals surface area contributed by atoms with Crippen molar-refractivity contribution in [3.63, 3.8) is 0 Å². The number of methoxy groups -OCH3 is 1. The molecule has 2 rings (SSSR count). The minimum Gasteiger partial charge on any atom is -0.465 e. The summed E-state index contributed by atoms with van der Waals surface area (Å²) in [5.74, 6) is 1.11. The van der Waals surface area contributed by atoms with Crippen molar-refractivity contribution in [2.45, 2.75) is 45.1 Å². The van der Waals surface area contributed by atoms with Gasteiger partial charge in [0.2, 0.25) is 0 Å². The second-order valence-corrected chi connectivity index (χ2v) is 5.78. The van der Waals surface area contributed by atoms with Crippen molar-refractivity contribution in [3.8, 4) is 0 Å². The van der Waals surface area contributed by atoms with E-state index in [-0.39, 0.29) is 0 Å². The number of carbonyl (C=O) groups is 1. The molecule has 1 saturated carbocycles. The second kappa shape index (κ2) is 6.78. The molecule has 1 heterocycles. The standard InChI is InChI=1S/C16H25N3O2/c1-4-11-5-7-12(8-6-11)19(2)15-14(17)13(9-10-18-15)16(20)21-3/h9-12H,4-8,17H2,1-3H3. The van der Waals surface area contributed by atoms with E-state index < -0.39 is 5.97 Å². The maximum Gasteiger partial charge on any atom is 0.340 e. The molecular weight excluding hydrogens is 266 g/mol. The third-order valence-electron chi connectivity index (χ3n) is 4.65. The molecule has 1 aromatic rings. The van der Waals surface area contributed by atoms with Gasteiger partial charge in [0.05, 0.1) is 18.4 Å². The Kier molecular flexibility index (Phi) is 5.04. The Bertz CT molecular complexity index is 496. The van der Waals surface area contributed by atoms with Gasteiger partial charge < -0.3 is 15.4 Å². The number of nitrogens with two attached hydrogens (primary N) is 1. The van der Waals surface area contributed by atoms with Gasteiger partial charge in [-0.25, -0.2) is 9.78 Å². The second-order valence-electron chi connectivity index (χ2n) is 5.78. The molecule has 5 nitrogen and oxygen atoms in total. The van der Waals surface area contributed by atoms with E-state index in [1.54, 1.807) is 12.3 Å². The van der Waals surface area contributed by atoms with Crippen LogP contribution in [0.4, 0.5) is 11.5 Å². The Morgan fingerprint density at radius 3 is 2.67 bits per heavy atom. The molecule has 0 saturated heterocycles. The zero-order valence-electron chi connectivity index (χ0n) is 13.1. The smallest absolute Gasteiger partial charge is 0.340 e. The third kappa shape index (κ3) is 3.28. The zero-order chi connectivity index (χ0) is 15.4. The van der Waals surface area contributed by atoms with Crippen molar-refractivity contribution in [1.29, 1.82) is 0 Å². The van der Waals surface area contributed by atoms with Crippen LogP contribution in [0.2, 0.25) is 0 Å². The highest BCUT2D eigenvalue weighted by Crippen LogP contribution is 2.33. The predicted molar refractivity (Wildman–Crippen MR) is 84.4 cm³/mol. The summed E-state index contributed by atoms with van der Waals surface area (Å²) in [5.41, 5.74) is 6.91. The van der Waals surface area contributed by atoms with Gasteiger partial charge in [0, 0.05) is 19.3 Å². The van der Waals surface area contributed by atoms with E-state index in [0.29, 0.717) is 23.1 Å². The molecule has 0 bridgehead atoms. The molecular formula is C16H25N3O2. The van der Waals surface area contributed by atoms with Crippen molar-refractivity contribution in [1.82, 2.24) is 4.98 Å². The monoisotopic (exact) mass is 291 g/mol. The minimum absolute atomic E-state index is 0.386. The van der Waals surface area contributed by atoms with Crippen molar-refractivity contribution < 1.29 is 9.53 Å². The van der Waals surface area contributed by atoms with Crippen molar-refractivity contribution >= 4 is 17.5 Å². The third-order valence-corrected chi connectivity index (χ3v) is 4.65. The van der Waals surface area contributed by atoms with Gasteiger partial charge in [-0.15, -0.1) is 0 Å². The summed E-state index contributed by atoms with van der Waals surface area (Å²) in [6.07, 6.45) is 7.68. The molecule has 5 heteroatoms. The predicted octanol–water partition coefficient (Wildman–Crippen LogP) is 2.86. The molecule has 0 atom stereocenters. The van der Waals surface area contributed by atoms with Gasteiger partial charge in [-0.1, -0.05) is 13.3 Å². The Labute approximate surface area is 126 Å². The molecule has 2 N–H and O–H groups in total. The number of pyridine rings is 1. The van der Waals surface area contributed by atoms with Gasteiger partial charge >= 0.3 is 5.97 Å². The molecule has 0 spiro atoms. The SMILES string of the molecule is CCC1CCC(N(C)c2nccc(C(=O)OC)c2N)CC1. The van der Waals surface area contributed by atoms with Crippen molar-refractivity contribution in [2.75, 3.05) is 24.8 Å². The summed E-state index contributed by atoms with van der Waals surface area (Å²) in [6, 6.07) is 2.04. The van der Waals surface area contributed by atoms with E-state index in [2.05, 4.69) is 16.8 Å². The average Bonchev–Trinajstić information content (AvgIpc) is 2.54. The van der Waals surface area contributed by atoms with E-state index in [0.717, 1.165) is 18.8 Å². The summed E-state index contributed by atoms with van der Waals surface area (Å²) in [4.78, 5) is 18.2. The van der Waals surface area contributed by atoms with Crippen LogP contribution in [0.3, 0.4) is 0 Å². The summed E-state index contributed by atoms with van der Waals surface area (Å²) < 4.78 is 4.76. The first-order valence-electron chi connectivity index (χ1n) is 7.64. The number of ether oxygens (including phenoxy) is 1. The summed E-state index contributed by atoms with van der Waals surface area (Å²) in [7, 11) is 3.37. The lowest BCUT2D eigenvalue weighted by Gasteiger charge is -2.35. The summed E-state index contributed by atoms with van der Waals surface area (Å²) >= 11 is 0. The first kappa shape index (κ1) is 15.6. The fraction of sp³-hybridized carbons (Fsp3) is 0.625. The first-order valence-corrected chi connectivity index (χ1v) is 7.64. The van der Waals surface area contributed by atoms with Crippen molar-refractivity contribution in [3.05, 3.63) is 17.8 Å². The summed E-state index contributed by atoms with van der Waals surface area (Å²) in [6.45, 7) is 2.26. The van der Waals surface area contributed by atoms with Crippen LogP contribution < -0.4 is 10.6 Å². The highest BCUT2D eigenvalue weighted by Gasteiger charge is 2.26. The maximum absolute atomic E-state index is 11.7. The Balaban J connectivity index is 2.16. The highest BCUT2D eigenvalue weighted by molar-refractivity contribution is 5.97. The number of carbonyl (C=O) groups excluding carboxylic acids is 1. The van der Waals surface area contributed by atoms with Gasteiger partial charge in [-0.05, 0) is 37.7 Å².